The van der Waals surface area contributed by atoms with E-state index in [1.54, 1.807) is 6.07 Å². The van der Waals surface area contributed by atoms with Crippen molar-refractivity contribution in [2.45, 2.75) is 38.7 Å². The fourth-order valence-corrected chi connectivity index (χ4v) is 2.53. The number of ether oxygens (including phenoxy) is 1. The van der Waals surface area contributed by atoms with E-state index in [0.29, 0.717) is 5.92 Å². The lowest BCUT2D eigenvalue weighted by Gasteiger charge is -2.29. The lowest BCUT2D eigenvalue weighted by atomic mass is 9.91. The van der Waals surface area contributed by atoms with Crippen LogP contribution in [-0.2, 0) is 4.74 Å². The molecule has 1 saturated heterocycles. The number of hydrogen-bond acceptors (Lipinski definition) is 2. The maximum absolute atomic E-state index is 13.5. The van der Waals surface area contributed by atoms with Crippen LogP contribution >= 0.6 is 0 Å². The Morgan fingerprint density at radius 1 is 1.44 bits per heavy atom. The van der Waals surface area contributed by atoms with Crippen molar-refractivity contribution in [1.82, 2.24) is 0 Å². The molecule has 0 saturated carbocycles. The lowest BCUT2D eigenvalue weighted by Crippen LogP contribution is -2.20. The van der Waals surface area contributed by atoms with E-state index in [4.69, 9.17) is 10.00 Å². The van der Waals surface area contributed by atoms with Crippen LogP contribution in [0.15, 0.2) is 18.2 Å². The molecule has 1 fully saturated rings. The summed E-state index contributed by atoms with van der Waals surface area (Å²) in [4.78, 5) is 0. The second kappa shape index (κ2) is 5.97. The molecule has 1 heterocycles. The molecule has 96 valence electrons. The van der Waals surface area contributed by atoms with Crippen molar-refractivity contribution >= 4 is 0 Å². The third-order valence-corrected chi connectivity index (χ3v) is 3.55. The van der Waals surface area contributed by atoms with Crippen molar-refractivity contribution < 1.29 is 9.13 Å². The molecule has 0 bridgehead atoms. The van der Waals surface area contributed by atoms with Gasteiger partial charge in [0.25, 0.3) is 0 Å². The van der Waals surface area contributed by atoms with Gasteiger partial charge in [0.05, 0.1) is 18.3 Å². The molecule has 18 heavy (non-hydrogen) atoms. The zero-order valence-corrected chi connectivity index (χ0v) is 10.7. The predicted octanol–water partition coefficient (Wildman–Crippen LogP) is 3.97. The van der Waals surface area contributed by atoms with Gasteiger partial charge in [-0.1, -0.05) is 19.4 Å². The second-order valence-corrected chi connectivity index (χ2v) is 4.91. The van der Waals surface area contributed by atoms with Crippen molar-refractivity contribution in [3.8, 4) is 6.07 Å². The minimum atomic E-state index is -0.450. The quantitative estimate of drug-likeness (QED) is 0.809. The number of rotatable bonds is 3. The summed E-state index contributed by atoms with van der Waals surface area (Å²) in [6, 6.07) is 6.60. The fraction of sp³-hybridized carbons (Fsp3) is 0.533. The van der Waals surface area contributed by atoms with Crippen LogP contribution in [0.5, 0.6) is 0 Å². The van der Waals surface area contributed by atoms with E-state index in [9.17, 15) is 4.39 Å². The molecule has 2 unspecified atom stereocenters. The Kier molecular flexibility index (Phi) is 4.33. The largest absolute Gasteiger partial charge is 0.373 e. The molecule has 0 amide bonds. The number of benzene rings is 1. The summed E-state index contributed by atoms with van der Waals surface area (Å²) in [6.07, 6.45) is 4.45. The highest BCUT2D eigenvalue weighted by molar-refractivity contribution is 5.34. The Bertz CT molecular complexity index is 444. The zero-order valence-electron chi connectivity index (χ0n) is 10.7. The first kappa shape index (κ1) is 13.0. The first-order valence-corrected chi connectivity index (χ1v) is 6.55. The van der Waals surface area contributed by atoms with Crippen LogP contribution in [0, 0.1) is 23.1 Å². The van der Waals surface area contributed by atoms with Crippen LogP contribution in [0.3, 0.4) is 0 Å². The van der Waals surface area contributed by atoms with Gasteiger partial charge < -0.3 is 4.74 Å². The van der Waals surface area contributed by atoms with Gasteiger partial charge in [0, 0.05) is 0 Å². The average Bonchev–Trinajstić information content (AvgIpc) is 2.40. The molecule has 1 aromatic rings. The summed E-state index contributed by atoms with van der Waals surface area (Å²) in [7, 11) is 0. The molecule has 2 rings (SSSR count). The summed E-state index contributed by atoms with van der Waals surface area (Å²) < 4.78 is 19.3. The third kappa shape index (κ3) is 2.88. The van der Waals surface area contributed by atoms with Crippen LogP contribution in [-0.4, -0.2) is 6.61 Å². The summed E-state index contributed by atoms with van der Waals surface area (Å²) in [5.74, 6) is 0.198. The van der Waals surface area contributed by atoms with E-state index in [-0.39, 0.29) is 11.7 Å². The molecule has 3 heteroatoms. The van der Waals surface area contributed by atoms with E-state index >= 15 is 0 Å². The summed E-state index contributed by atoms with van der Waals surface area (Å²) in [6.45, 7) is 2.95. The topological polar surface area (TPSA) is 33.0 Å². The van der Waals surface area contributed by atoms with Crippen molar-refractivity contribution in [2.75, 3.05) is 6.61 Å². The second-order valence-electron chi connectivity index (χ2n) is 4.91. The zero-order chi connectivity index (χ0) is 13.0. The van der Waals surface area contributed by atoms with Gasteiger partial charge in [-0.05, 0) is 42.9 Å². The summed E-state index contributed by atoms with van der Waals surface area (Å²) in [5.41, 5.74) is 0.944. The Balaban J connectivity index is 2.02. The van der Waals surface area contributed by atoms with Gasteiger partial charge in [-0.25, -0.2) is 4.39 Å². The number of hydrogen-bond donors (Lipinski definition) is 0. The Morgan fingerprint density at radius 2 is 2.28 bits per heavy atom. The van der Waals surface area contributed by atoms with Gasteiger partial charge in [-0.3, -0.25) is 0 Å². The molecule has 2 atom stereocenters. The lowest BCUT2D eigenvalue weighted by molar-refractivity contribution is -0.0196. The first-order valence-electron chi connectivity index (χ1n) is 6.55. The molecule has 1 aliphatic rings. The predicted molar refractivity (Wildman–Crippen MR) is 67.4 cm³/mol. The fourth-order valence-electron chi connectivity index (χ4n) is 2.53. The first-order chi connectivity index (χ1) is 8.74. The Hall–Kier alpha value is -1.40. The molecular formula is C15H18FNO. The monoisotopic (exact) mass is 247 g/mol. The molecule has 0 aromatic heterocycles. The standard InChI is InChI=1S/C15H18FNO/c1-2-3-11-4-7-15(18-10-11)12-5-6-13(9-17)14(16)8-12/h5-6,8,11,15H,2-4,7,10H2,1H3. The maximum atomic E-state index is 13.5. The highest BCUT2D eigenvalue weighted by Crippen LogP contribution is 2.32. The molecule has 2 nitrogen and oxygen atoms in total. The molecule has 1 aromatic carbocycles. The maximum Gasteiger partial charge on any atom is 0.141 e. The van der Waals surface area contributed by atoms with Crippen LogP contribution in [0.1, 0.15) is 49.8 Å². The molecule has 0 N–H and O–H groups in total. The van der Waals surface area contributed by atoms with E-state index in [0.717, 1.165) is 25.0 Å². The van der Waals surface area contributed by atoms with Gasteiger partial charge in [0.2, 0.25) is 0 Å². The third-order valence-electron chi connectivity index (χ3n) is 3.55. The molecule has 0 radical (unpaired) electrons. The molecule has 0 aliphatic carbocycles. The van der Waals surface area contributed by atoms with Gasteiger partial charge in [0.1, 0.15) is 11.9 Å². The average molecular weight is 247 g/mol. The van der Waals surface area contributed by atoms with Gasteiger partial charge in [-0.15, -0.1) is 0 Å². The van der Waals surface area contributed by atoms with Crippen molar-refractivity contribution in [3.05, 3.63) is 35.1 Å². The van der Waals surface area contributed by atoms with Gasteiger partial charge in [-0.2, -0.15) is 5.26 Å². The SMILES string of the molecule is CCCC1CCC(c2ccc(C#N)c(F)c2)OC1. The summed E-state index contributed by atoms with van der Waals surface area (Å²) in [5, 5.41) is 8.69. The van der Waals surface area contributed by atoms with Crippen LogP contribution in [0.4, 0.5) is 4.39 Å². The molecule has 1 aliphatic heterocycles. The van der Waals surface area contributed by atoms with E-state index in [2.05, 4.69) is 6.92 Å². The van der Waals surface area contributed by atoms with Crippen molar-refractivity contribution in [1.29, 1.82) is 5.26 Å². The van der Waals surface area contributed by atoms with Crippen LogP contribution in [0.2, 0.25) is 0 Å². The van der Waals surface area contributed by atoms with E-state index < -0.39 is 5.82 Å². The molecular weight excluding hydrogens is 229 g/mol. The normalized spacial score (nSPS) is 23.6. The van der Waals surface area contributed by atoms with Gasteiger partial charge >= 0.3 is 0 Å². The number of halogens is 1. The highest BCUT2D eigenvalue weighted by Gasteiger charge is 2.23. The Labute approximate surface area is 107 Å². The summed E-state index contributed by atoms with van der Waals surface area (Å²) >= 11 is 0. The Morgan fingerprint density at radius 3 is 2.83 bits per heavy atom. The molecule has 0 spiro atoms. The van der Waals surface area contributed by atoms with Crippen LogP contribution < -0.4 is 0 Å². The smallest absolute Gasteiger partial charge is 0.141 e. The van der Waals surface area contributed by atoms with Gasteiger partial charge in [0.15, 0.2) is 0 Å². The number of nitriles is 1. The number of nitrogens with zero attached hydrogens (tertiary/aromatic N) is 1. The highest BCUT2D eigenvalue weighted by atomic mass is 19.1. The van der Waals surface area contributed by atoms with E-state index in [1.807, 2.05) is 6.07 Å². The van der Waals surface area contributed by atoms with Crippen LogP contribution in [0.25, 0.3) is 0 Å². The van der Waals surface area contributed by atoms with Crippen molar-refractivity contribution in [3.63, 3.8) is 0 Å². The van der Waals surface area contributed by atoms with Crippen molar-refractivity contribution in [2.24, 2.45) is 5.92 Å². The minimum Gasteiger partial charge on any atom is -0.373 e. The van der Waals surface area contributed by atoms with E-state index in [1.165, 1.54) is 25.0 Å². The minimum absolute atomic E-state index is 0.0136.